The molecule has 0 amide bonds. The quantitative estimate of drug-likeness (QED) is 0.659. The van der Waals surface area contributed by atoms with Gasteiger partial charge in [-0.1, -0.05) is 0 Å². The first-order valence-corrected chi connectivity index (χ1v) is 9.51. The number of carbonyl (C=O) groups excluding carboxylic acids is 1. The lowest BCUT2D eigenvalue weighted by Crippen LogP contribution is -2.25. The molecule has 3 aromatic rings. The highest BCUT2D eigenvalue weighted by atomic mass is 19.1. The third-order valence-electron chi connectivity index (χ3n) is 4.98. The van der Waals surface area contributed by atoms with E-state index in [1.807, 2.05) is 0 Å². The van der Waals surface area contributed by atoms with Gasteiger partial charge in [0.05, 0.1) is 18.1 Å². The monoisotopic (exact) mass is 415 g/mol. The number of rotatable bonds is 4. The van der Waals surface area contributed by atoms with Crippen LogP contribution in [0, 0.1) is 11.6 Å². The lowest BCUT2D eigenvalue weighted by Gasteiger charge is -2.19. The fraction of sp³-hybridized carbons (Fsp3) is 0.286. The summed E-state index contributed by atoms with van der Waals surface area (Å²) in [5.41, 5.74) is -0.448. The molecular weight excluding hydrogens is 396 g/mol. The zero-order valence-electron chi connectivity index (χ0n) is 16.1. The fourth-order valence-electron chi connectivity index (χ4n) is 3.52. The van der Waals surface area contributed by atoms with Gasteiger partial charge in [-0.05, 0) is 43.7 Å². The third-order valence-corrected chi connectivity index (χ3v) is 4.98. The summed E-state index contributed by atoms with van der Waals surface area (Å²) < 4.78 is 34.6. The van der Waals surface area contributed by atoms with Crippen LogP contribution in [0.25, 0.3) is 16.7 Å². The van der Waals surface area contributed by atoms with Crippen LogP contribution in [-0.2, 0) is 4.74 Å². The Labute approximate surface area is 170 Å². The van der Waals surface area contributed by atoms with Crippen molar-refractivity contribution in [1.29, 1.82) is 0 Å². The summed E-state index contributed by atoms with van der Waals surface area (Å²) in [7, 11) is 0. The first kappa shape index (κ1) is 20.0. The molecule has 0 spiro atoms. The molecule has 0 aliphatic carbocycles. The summed E-state index contributed by atoms with van der Waals surface area (Å²) >= 11 is 0. The molecule has 1 unspecified atom stereocenters. The molecule has 3 heterocycles. The summed E-state index contributed by atoms with van der Waals surface area (Å²) in [6, 6.07) is 6.40. The second-order valence-electron chi connectivity index (χ2n) is 6.99. The smallest absolute Gasteiger partial charge is 0.343 e. The molecule has 0 saturated carbocycles. The molecule has 4 rings (SSSR count). The summed E-state index contributed by atoms with van der Waals surface area (Å²) in [6.45, 7) is 2.31. The van der Waals surface area contributed by atoms with Crippen molar-refractivity contribution in [3.05, 3.63) is 63.9 Å². The number of aromatic nitrogens is 2. The van der Waals surface area contributed by atoms with E-state index in [9.17, 15) is 23.5 Å². The van der Waals surface area contributed by atoms with E-state index < -0.39 is 29.1 Å². The molecule has 1 aliphatic heterocycles. The number of pyridine rings is 2. The Morgan fingerprint density at radius 3 is 2.67 bits per heavy atom. The Kier molecular flexibility index (Phi) is 5.21. The molecule has 9 heteroatoms. The van der Waals surface area contributed by atoms with Gasteiger partial charge in [-0.2, -0.15) is 0 Å². The Morgan fingerprint density at radius 2 is 2.03 bits per heavy atom. The zero-order valence-corrected chi connectivity index (χ0v) is 16.1. The SMILES string of the molecule is CCOC(=O)c1cn(-c2ccc(F)cc2)c2nc(N3CCC(O)C3)c(F)cc2c1=O. The van der Waals surface area contributed by atoms with Gasteiger partial charge in [-0.15, -0.1) is 0 Å². The van der Waals surface area contributed by atoms with Crippen molar-refractivity contribution in [2.24, 2.45) is 0 Å². The number of hydrogen-bond donors (Lipinski definition) is 1. The number of esters is 1. The van der Waals surface area contributed by atoms with E-state index in [1.165, 1.54) is 35.0 Å². The molecule has 1 saturated heterocycles. The van der Waals surface area contributed by atoms with Crippen LogP contribution in [-0.4, -0.2) is 46.4 Å². The normalized spacial score (nSPS) is 16.3. The lowest BCUT2D eigenvalue weighted by atomic mass is 10.1. The molecule has 1 atom stereocenters. The third kappa shape index (κ3) is 3.52. The second-order valence-corrected chi connectivity index (χ2v) is 6.99. The lowest BCUT2D eigenvalue weighted by molar-refractivity contribution is 0.0524. The number of aliphatic hydroxyl groups is 1. The van der Waals surface area contributed by atoms with Crippen molar-refractivity contribution < 1.29 is 23.4 Å². The molecular formula is C21H19F2N3O4. The number of hydrogen-bond acceptors (Lipinski definition) is 6. The summed E-state index contributed by atoms with van der Waals surface area (Å²) in [4.78, 5) is 31.1. The zero-order chi connectivity index (χ0) is 21.4. The van der Waals surface area contributed by atoms with E-state index in [4.69, 9.17) is 4.74 Å². The molecule has 1 N–H and O–H groups in total. The Bertz CT molecular complexity index is 1180. The fourth-order valence-corrected chi connectivity index (χ4v) is 3.52. The predicted molar refractivity (Wildman–Crippen MR) is 106 cm³/mol. The maximum atomic E-state index is 14.8. The topological polar surface area (TPSA) is 84.7 Å². The van der Waals surface area contributed by atoms with Crippen molar-refractivity contribution in [1.82, 2.24) is 9.55 Å². The standard InChI is InChI=1S/C21H19F2N3O4/c1-2-30-21(29)16-11-26(13-5-3-12(22)4-6-13)19-15(18(16)28)9-17(23)20(24-19)25-8-7-14(27)10-25/h3-6,9,11,14,27H,2,7-8,10H2,1H3. The number of halogens is 2. The number of anilines is 1. The van der Waals surface area contributed by atoms with Crippen molar-refractivity contribution in [3.63, 3.8) is 0 Å². The molecule has 1 aliphatic rings. The van der Waals surface area contributed by atoms with Crippen LogP contribution in [0.5, 0.6) is 0 Å². The van der Waals surface area contributed by atoms with E-state index >= 15 is 0 Å². The minimum Gasteiger partial charge on any atom is -0.462 e. The minimum atomic E-state index is -0.840. The number of β-amino-alcohol motifs (C(OH)–C–C–N with tert-alkyl or cyclic N) is 1. The van der Waals surface area contributed by atoms with Crippen molar-refractivity contribution >= 4 is 22.8 Å². The van der Waals surface area contributed by atoms with Crippen LogP contribution < -0.4 is 10.3 Å². The van der Waals surface area contributed by atoms with Gasteiger partial charge in [-0.25, -0.2) is 18.6 Å². The summed E-state index contributed by atoms with van der Waals surface area (Å²) in [5, 5.41) is 9.68. The average molecular weight is 415 g/mol. The van der Waals surface area contributed by atoms with Gasteiger partial charge in [-0.3, -0.25) is 4.79 Å². The summed E-state index contributed by atoms with van der Waals surface area (Å²) in [5.74, 6) is -2.04. The molecule has 0 radical (unpaired) electrons. The van der Waals surface area contributed by atoms with Crippen LogP contribution >= 0.6 is 0 Å². The van der Waals surface area contributed by atoms with Crippen LogP contribution in [0.2, 0.25) is 0 Å². The number of aliphatic hydroxyl groups excluding tert-OH is 1. The van der Waals surface area contributed by atoms with Gasteiger partial charge in [0.1, 0.15) is 11.4 Å². The molecule has 30 heavy (non-hydrogen) atoms. The number of ether oxygens (including phenoxy) is 1. The van der Waals surface area contributed by atoms with E-state index in [2.05, 4.69) is 4.98 Å². The number of carbonyl (C=O) groups is 1. The van der Waals surface area contributed by atoms with Gasteiger partial charge in [0.15, 0.2) is 17.3 Å². The van der Waals surface area contributed by atoms with Crippen molar-refractivity contribution in [2.75, 3.05) is 24.6 Å². The van der Waals surface area contributed by atoms with Crippen LogP contribution in [0.4, 0.5) is 14.6 Å². The molecule has 2 aromatic heterocycles. The second kappa shape index (κ2) is 7.83. The molecule has 0 bridgehead atoms. The first-order valence-electron chi connectivity index (χ1n) is 9.51. The van der Waals surface area contributed by atoms with E-state index in [1.54, 1.807) is 11.8 Å². The van der Waals surface area contributed by atoms with E-state index in [0.29, 0.717) is 18.7 Å². The van der Waals surface area contributed by atoms with Crippen molar-refractivity contribution in [3.8, 4) is 5.69 Å². The molecule has 7 nitrogen and oxygen atoms in total. The van der Waals surface area contributed by atoms with Gasteiger partial charge < -0.3 is 19.3 Å². The van der Waals surface area contributed by atoms with Gasteiger partial charge in [0.2, 0.25) is 5.43 Å². The van der Waals surface area contributed by atoms with Gasteiger partial charge >= 0.3 is 5.97 Å². The average Bonchev–Trinajstić information content (AvgIpc) is 3.15. The van der Waals surface area contributed by atoms with Gasteiger partial charge in [0, 0.05) is 25.0 Å². The summed E-state index contributed by atoms with van der Waals surface area (Å²) in [6.07, 6.45) is 1.15. The highest BCUT2D eigenvalue weighted by molar-refractivity contribution is 5.93. The molecule has 1 fully saturated rings. The highest BCUT2D eigenvalue weighted by Crippen LogP contribution is 2.26. The Balaban J connectivity index is 1.99. The molecule has 156 valence electrons. The number of nitrogens with zero attached hydrogens (tertiary/aromatic N) is 3. The maximum Gasteiger partial charge on any atom is 0.343 e. The van der Waals surface area contributed by atoms with Crippen LogP contribution in [0.15, 0.2) is 41.3 Å². The highest BCUT2D eigenvalue weighted by Gasteiger charge is 2.26. The number of benzene rings is 1. The minimum absolute atomic E-state index is 0.00167. The molecule has 1 aromatic carbocycles. The van der Waals surface area contributed by atoms with E-state index in [0.717, 1.165) is 6.07 Å². The maximum absolute atomic E-state index is 14.8. The number of fused-ring (bicyclic) bond motifs is 1. The largest absolute Gasteiger partial charge is 0.462 e. The van der Waals surface area contributed by atoms with Crippen LogP contribution in [0.1, 0.15) is 23.7 Å². The van der Waals surface area contributed by atoms with Crippen molar-refractivity contribution in [2.45, 2.75) is 19.4 Å². The Morgan fingerprint density at radius 1 is 1.30 bits per heavy atom. The van der Waals surface area contributed by atoms with Crippen LogP contribution in [0.3, 0.4) is 0 Å². The van der Waals surface area contributed by atoms with Gasteiger partial charge in [0.25, 0.3) is 0 Å². The first-order chi connectivity index (χ1) is 14.4. The predicted octanol–water partition coefficient (Wildman–Crippen LogP) is 2.41. The van der Waals surface area contributed by atoms with E-state index in [-0.39, 0.29) is 35.6 Å². The Hall–Kier alpha value is -3.33.